The van der Waals surface area contributed by atoms with Crippen molar-refractivity contribution in [1.29, 1.82) is 5.26 Å². The van der Waals surface area contributed by atoms with E-state index in [-0.39, 0.29) is 0 Å². The molecular formula is C13H11BrN2S. The first-order valence-corrected chi connectivity index (χ1v) is 6.85. The van der Waals surface area contributed by atoms with Crippen molar-refractivity contribution in [3.05, 3.63) is 50.6 Å². The lowest BCUT2D eigenvalue weighted by Crippen LogP contribution is -2.15. The fraction of sp³-hybridized carbons (Fsp3) is 0.154. The summed E-state index contributed by atoms with van der Waals surface area (Å²) < 4.78 is 0.934. The Labute approximate surface area is 113 Å². The maximum Gasteiger partial charge on any atom is 0.0992 e. The van der Waals surface area contributed by atoms with Crippen molar-refractivity contribution in [3.63, 3.8) is 0 Å². The third-order valence-electron chi connectivity index (χ3n) is 2.45. The van der Waals surface area contributed by atoms with Crippen molar-refractivity contribution in [2.45, 2.75) is 6.54 Å². The van der Waals surface area contributed by atoms with Gasteiger partial charge in [-0.1, -0.05) is 15.9 Å². The van der Waals surface area contributed by atoms with Crippen molar-refractivity contribution >= 4 is 33.0 Å². The van der Waals surface area contributed by atoms with Crippen molar-refractivity contribution in [1.82, 2.24) is 0 Å². The second-order valence-corrected chi connectivity index (χ2v) is 5.49. The van der Waals surface area contributed by atoms with Crippen LogP contribution < -0.4 is 4.90 Å². The van der Waals surface area contributed by atoms with Gasteiger partial charge in [-0.25, -0.2) is 0 Å². The number of rotatable bonds is 3. The first kappa shape index (κ1) is 12.2. The minimum absolute atomic E-state index is 0.673. The smallest absolute Gasteiger partial charge is 0.0992 e. The lowest BCUT2D eigenvalue weighted by atomic mass is 10.2. The molecule has 0 aliphatic rings. The Morgan fingerprint density at radius 3 is 2.88 bits per heavy atom. The normalized spacial score (nSPS) is 9.94. The molecule has 0 saturated heterocycles. The minimum atomic E-state index is 0.673. The number of benzene rings is 1. The van der Waals surface area contributed by atoms with E-state index in [4.69, 9.17) is 5.26 Å². The molecule has 0 aliphatic heterocycles. The van der Waals surface area contributed by atoms with E-state index in [0.717, 1.165) is 16.7 Å². The van der Waals surface area contributed by atoms with Gasteiger partial charge in [0.1, 0.15) is 0 Å². The summed E-state index contributed by atoms with van der Waals surface area (Å²) in [4.78, 5) is 2.13. The van der Waals surface area contributed by atoms with E-state index in [0.29, 0.717) is 5.56 Å². The summed E-state index contributed by atoms with van der Waals surface area (Å²) in [5, 5.41) is 13.2. The Balaban J connectivity index is 2.22. The maximum absolute atomic E-state index is 8.94. The summed E-state index contributed by atoms with van der Waals surface area (Å²) in [5.41, 5.74) is 3.00. The average Bonchev–Trinajstić information content (AvgIpc) is 2.81. The molecule has 0 unspecified atom stereocenters. The van der Waals surface area contributed by atoms with E-state index >= 15 is 0 Å². The van der Waals surface area contributed by atoms with Crippen LogP contribution in [0.1, 0.15) is 11.1 Å². The molecule has 2 nitrogen and oxygen atoms in total. The maximum atomic E-state index is 8.94. The summed E-state index contributed by atoms with van der Waals surface area (Å²) >= 11 is 5.12. The predicted molar refractivity (Wildman–Crippen MR) is 75.3 cm³/mol. The van der Waals surface area contributed by atoms with Crippen LogP contribution in [0.25, 0.3) is 0 Å². The third-order valence-corrected chi connectivity index (χ3v) is 3.64. The molecule has 2 rings (SSSR count). The highest BCUT2D eigenvalue weighted by atomic mass is 79.9. The Bertz CT molecular complexity index is 543. The summed E-state index contributed by atoms with van der Waals surface area (Å²) in [5.74, 6) is 0. The molecule has 0 N–H and O–H groups in total. The topological polar surface area (TPSA) is 27.0 Å². The standard InChI is InChI=1S/C13H11BrN2S/c1-16(8-10-2-3-17-9-10)13-5-11(7-15)4-12(14)6-13/h2-6,9H,8H2,1H3. The number of halogens is 1. The molecule has 0 bridgehead atoms. The molecule has 4 heteroatoms. The van der Waals surface area contributed by atoms with Crippen LogP contribution in [-0.2, 0) is 6.54 Å². The Kier molecular flexibility index (Phi) is 3.82. The number of hydrogen-bond donors (Lipinski definition) is 0. The molecule has 0 saturated carbocycles. The van der Waals surface area contributed by atoms with Gasteiger partial charge in [-0.15, -0.1) is 0 Å². The zero-order chi connectivity index (χ0) is 12.3. The average molecular weight is 307 g/mol. The van der Waals surface area contributed by atoms with E-state index in [9.17, 15) is 0 Å². The Morgan fingerprint density at radius 2 is 2.24 bits per heavy atom. The van der Waals surface area contributed by atoms with Gasteiger partial charge in [0.2, 0.25) is 0 Å². The van der Waals surface area contributed by atoms with Gasteiger partial charge < -0.3 is 4.90 Å². The van der Waals surface area contributed by atoms with Crippen molar-refractivity contribution in [3.8, 4) is 6.07 Å². The van der Waals surface area contributed by atoms with Gasteiger partial charge in [-0.3, -0.25) is 0 Å². The second-order valence-electron chi connectivity index (χ2n) is 3.80. The molecule has 0 radical (unpaired) electrons. The minimum Gasteiger partial charge on any atom is -0.370 e. The quantitative estimate of drug-likeness (QED) is 0.856. The molecule has 1 aromatic carbocycles. The fourth-order valence-corrected chi connectivity index (χ4v) is 2.75. The van der Waals surface area contributed by atoms with E-state index in [1.807, 2.05) is 25.2 Å². The lowest BCUT2D eigenvalue weighted by molar-refractivity contribution is 0.927. The number of thiophene rings is 1. The predicted octanol–water partition coefficient (Wildman–Crippen LogP) is 4.02. The Morgan fingerprint density at radius 1 is 1.41 bits per heavy atom. The van der Waals surface area contributed by atoms with Crippen LogP contribution in [0.15, 0.2) is 39.5 Å². The largest absolute Gasteiger partial charge is 0.370 e. The zero-order valence-electron chi connectivity index (χ0n) is 9.35. The van der Waals surface area contributed by atoms with Crippen LogP contribution in [0.2, 0.25) is 0 Å². The molecule has 0 atom stereocenters. The van der Waals surface area contributed by atoms with Crippen molar-refractivity contribution in [2.75, 3.05) is 11.9 Å². The van der Waals surface area contributed by atoms with Gasteiger partial charge >= 0.3 is 0 Å². The number of anilines is 1. The van der Waals surface area contributed by atoms with Gasteiger partial charge in [0.15, 0.2) is 0 Å². The molecule has 1 aromatic heterocycles. The lowest BCUT2D eigenvalue weighted by Gasteiger charge is -2.19. The fourth-order valence-electron chi connectivity index (χ4n) is 1.61. The highest BCUT2D eigenvalue weighted by Crippen LogP contribution is 2.23. The highest BCUT2D eigenvalue weighted by molar-refractivity contribution is 9.10. The van der Waals surface area contributed by atoms with E-state index in [2.05, 4.69) is 43.7 Å². The van der Waals surface area contributed by atoms with Crippen LogP contribution in [0.4, 0.5) is 5.69 Å². The number of nitrogens with zero attached hydrogens (tertiary/aromatic N) is 2. The molecular weight excluding hydrogens is 296 g/mol. The van der Waals surface area contributed by atoms with Crippen molar-refractivity contribution in [2.24, 2.45) is 0 Å². The molecule has 2 aromatic rings. The van der Waals surface area contributed by atoms with Gasteiger partial charge in [0, 0.05) is 23.8 Å². The van der Waals surface area contributed by atoms with E-state index < -0.39 is 0 Å². The first-order chi connectivity index (χ1) is 8.19. The van der Waals surface area contributed by atoms with E-state index in [1.165, 1.54) is 5.56 Å². The summed E-state index contributed by atoms with van der Waals surface area (Å²) in [6, 6.07) is 10.0. The summed E-state index contributed by atoms with van der Waals surface area (Å²) in [6.45, 7) is 0.852. The molecule has 0 aliphatic carbocycles. The van der Waals surface area contributed by atoms with Crippen LogP contribution in [0, 0.1) is 11.3 Å². The van der Waals surface area contributed by atoms with Crippen molar-refractivity contribution < 1.29 is 0 Å². The molecule has 86 valence electrons. The molecule has 0 fully saturated rings. The highest BCUT2D eigenvalue weighted by Gasteiger charge is 2.05. The SMILES string of the molecule is CN(Cc1ccsc1)c1cc(Br)cc(C#N)c1. The van der Waals surface area contributed by atoms with E-state index in [1.54, 1.807) is 11.3 Å². The monoisotopic (exact) mass is 306 g/mol. The van der Waals surface area contributed by atoms with Gasteiger partial charge in [-0.2, -0.15) is 16.6 Å². The first-order valence-electron chi connectivity index (χ1n) is 5.12. The number of nitriles is 1. The molecule has 17 heavy (non-hydrogen) atoms. The zero-order valence-corrected chi connectivity index (χ0v) is 11.8. The molecule has 0 spiro atoms. The second kappa shape index (κ2) is 5.35. The van der Waals surface area contributed by atoms with Gasteiger partial charge in [0.05, 0.1) is 11.6 Å². The summed E-state index contributed by atoms with van der Waals surface area (Å²) in [7, 11) is 2.03. The van der Waals surface area contributed by atoms with Gasteiger partial charge in [0.25, 0.3) is 0 Å². The third kappa shape index (κ3) is 3.09. The Hall–Kier alpha value is -1.31. The number of hydrogen-bond acceptors (Lipinski definition) is 3. The van der Waals surface area contributed by atoms with Crippen LogP contribution in [0.3, 0.4) is 0 Å². The summed E-state index contributed by atoms with van der Waals surface area (Å²) in [6.07, 6.45) is 0. The van der Waals surface area contributed by atoms with Crippen LogP contribution >= 0.6 is 27.3 Å². The van der Waals surface area contributed by atoms with Crippen LogP contribution in [-0.4, -0.2) is 7.05 Å². The van der Waals surface area contributed by atoms with Crippen LogP contribution in [0.5, 0.6) is 0 Å². The molecule has 0 amide bonds. The molecule has 1 heterocycles. The van der Waals surface area contributed by atoms with Gasteiger partial charge in [-0.05, 0) is 40.6 Å².